The van der Waals surface area contributed by atoms with E-state index in [1.165, 1.54) is 11.1 Å². The van der Waals surface area contributed by atoms with Gasteiger partial charge in [0.2, 0.25) is 0 Å². The summed E-state index contributed by atoms with van der Waals surface area (Å²) in [6.07, 6.45) is 2.08. The fraction of sp³-hybridized carbons (Fsp3) is 0.250. The van der Waals surface area contributed by atoms with Crippen LogP contribution in [0.1, 0.15) is 16.8 Å². The highest BCUT2D eigenvalue weighted by Gasteiger charge is 2.06. The van der Waals surface area contributed by atoms with Crippen LogP contribution in [0.4, 0.5) is 0 Å². The van der Waals surface area contributed by atoms with Crippen LogP contribution in [0.25, 0.3) is 5.69 Å². The van der Waals surface area contributed by atoms with Crippen LogP contribution in [0.2, 0.25) is 0 Å². The molecule has 0 spiro atoms. The van der Waals surface area contributed by atoms with Crippen LogP contribution in [0.3, 0.4) is 0 Å². The lowest BCUT2D eigenvalue weighted by Crippen LogP contribution is -1.97. The highest BCUT2D eigenvalue weighted by molar-refractivity contribution is 9.08. The van der Waals surface area contributed by atoms with Gasteiger partial charge in [0.1, 0.15) is 0 Å². The summed E-state index contributed by atoms with van der Waals surface area (Å²) in [5.41, 5.74) is 4.70. The molecule has 15 heavy (non-hydrogen) atoms. The Kier molecular flexibility index (Phi) is 2.91. The molecule has 1 aromatic carbocycles. The van der Waals surface area contributed by atoms with Crippen molar-refractivity contribution in [2.75, 3.05) is 0 Å². The van der Waals surface area contributed by atoms with E-state index in [0.717, 1.165) is 16.7 Å². The molecular formula is C12H13BrN2. The number of alkyl halides is 1. The van der Waals surface area contributed by atoms with Gasteiger partial charge in [-0.1, -0.05) is 34.1 Å². The first-order chi connectivity index (χ1) is 7.22. The van der Waals surface area contributed by atoms with Gasteiger partial charge in [0.05, 0.1) is 11.4 Å². The molecule has 2 aromatic rings. The van der Waals surface area contributed by atoms with Crippen molar-refractivity contribution >= 4 is 15.9 Å². The molecule has 0 radical (unpaired) electrons. The summed E-state index contributed by atoms with van der Waals surface area (Å²) in [6.45, 7) is 4.13. The average Bonchev–Trinajstić information content (AvgIpc) is 2.60. The van der Waals surface area contributed by atoms with Crippen molar-refractivity contribution in [2.45, 2.75) is 19.2 Å². The van der Waals surface area contributed by atoms with Crippen LogP contribution in [0, 0.1) is 13.8 Å². The highest BCUT2D eigenvalue weighted by Crippen LogP contribution is 2.16. The van der Waals surface area contributed by atoms with E-state index in [1.54, 1.807) is 0 Å². The molecule has 2 nitrogen and oxygen atoms in total. The first kappa shape index (κ1) is 10.4. The van der Waals surface area contributed by atoms with Gasteiger partial charge < -0.3 is 0 Å². The fourth-order valence-corrected chi connectivity index (χ4v) is 2.12. The molecule has 0 aliphatic rings. The molecular weight excluding hydrogens is 252 g/mol. The number of nitrogens with zero attached hydrogens (tertiary/aromatic N) is 2. The first-order valence-electron chi connectivity index (χ1n) is 4.89. The molecule has 3 heteroatoms. The van der Waals surface area contributed by atoms with Gasteiger partial charge in [-0.15, -0.1) is 0 Å². The van der Waals surface area contributed by atoms with Gasteiger partial charge in [-0.05, 0) is 25.5 Å². The van der Waals surface area contributed by atoms with E-state index < -0.39 is 0 Å². The molecule has 2 rings (SSSR count). The van der Waals surface area contributed by atoms with Crippen LogP contribution in [-0.4, -0.2) is 9.78 Å². The maximum Gasteiger partial charge on any atom is 0.0674 e. The summed E-state index contributed by atoms with van der Waals surface area (Å²) >= 11 is 3.46. The van der Waals surface area contributed by atoms with Crippen LogP contribution in [0.5, 0.6) is 0 Å². The van der Waals surface area contributed by atoms with Crippen molar-refractivity contribution < 1.29 is 0 Å². The van der Waals surface area contributed by atoms with E-state index in [9.17, 15) is 0 Å². The smallest absolute Gasteiger partial charge is 0.0674 e. The molecule has 78 valence electrons. The van der Waals surface area contributed by atoms with Gasteiger partial charge in [-0.2, -0.15) is 5.10 Å². The monoisotopic (exact) mass is 264 g/mol. The molecule has 1 aromatic heterocycles. The summed E-state index contributed by atoms with van der Waals surface area (Å²) in [5, 5.41) is 5.35. The fourth-order valence-electron chi connectivity index (χ4n) is 1.57. The van der Waals surface area contributed by atoms with Crippen molar-refractivity contribution in [2.24, 2.45) is 0 Å². The highest BCUT2D eigenvalue weighted by atomic mass is 79.9. The molecule has 0 amide bonds. The molecule has 0 bridgehead atoms. The minimum atomic E-state index is 0.852. The van der Waals surface area contributed by atoms with E-state index in [0.29, 0.717) is 0 Å². The molecule has 0 atom stereocenters. The Balaban J connectivity index is 2.50. The normalized spacial score (nSPS) is 10.6. The van der Waals surface area contributed by atoms with Crippen LogP contribution < -0.4 is 0 Å². The van der Waals surface area contributed by atoms with Gasteiger partial charge in [0.25, 0.3) is 0 Å². The number of rotatable bonds is 2. The molecule has 0 unspecified atom stereocenters. The summed E-state index contributed by atoms with van der Waals surface area (Å²) in [5.74, 6) is 0. The van der Waals surface area contributed by atoms with Crippen LogP contribution >= 0.6 is 15.9 Å². The summed E-state index contributed by atoms with van der Waals surface area (Å²) in [4.78, 5) is 0. The third kappa shape index (κ3) is 1.97. The van der Waals surface area contributed by atoms with Gasteiger partial charge in [-0.25, -0.2) is 4.68 Å². The van der Waals surface area contributed by atoms with Gasteiger partial charge in [0, 0.05) is 17.1 Å². The number of hydrogen-bond acceptors (Lipinski definition) is 1. The standard InChI is InChI=1S/C12H13BrN2/c1-9-5-3-4-6-12(9)15-8-11(7-13)10(2)14-15/h3-6,8H,7H2,1-2H3. The lowest BCUT2D eigenvalue weighted by molar-refractivity contribution is 0.856. The van der Waals surface area contributed by atoms with Crippen molar-refractivity contribution in [1.29, 1.82) is 0 Å². The van der Waals surface area contributed by atoms with E-state index in [1.807, 2.05) is 23.7 Å². The number of para-hydroxylation sites is 1. The van der Waals surface area contributed by atoms with Crippen molar-refractivity contribution in [3.8, 4) is 5.69 Å². The Bertz CT molecular complexity index is 474. The number of benzene rings is 1. The third-order valence-electron chi connectivity index (χ3n) is 2.51. The number of aromatic nitrogens is 2. The third-order valence-corrected chi connectivity index (χ3v) is 3.11. The summed E-state index contributed by atoms with van der Waals surface area (Å²) in [7, 11) is 0. The second kappa shape index (κ2) is 4.19. The first-order valence-corrected chi connectivity index (χ1v) is 6.01. The zero-order valence-corrected chi connectivity index (χ0v) is 10.5. The van der Waals surface area contributed by atoms with E-state index >= 15 is 0 Å². The Morgan fingerprint density at radius 3 is 2.60 bits per heavy atom. The molecule has 0 aliphatic heterocycles. The zero-order valence-electron chi connectivity index (χ0n) is 8.87. The number of hydrogen-bond donors (Lipinski definition) is 0. The second-order valence-corrected chi connectivity index (χ2v) is 4.17. The van der Waals surface area contributed by atoms with Gasteiger partial charge in [0.15, 0.2) is 0 Å². The molecule has 0 aliphatic carbocycles. The molecule has 1 heterocycles. The topological polar surface area (TPSA) is 17.8 Å². The Morgan fingerprint density at radius 1 is 1.27 bits per heavy atom. The maximum absolute atomic E-state index is 4.50. The van der Waals surface area contributed by atoms with E-state index in [2.05, 4.69) is 46.3 Å². The zero-order chi connectivity index (χ0) is 10.8. The summed E-state index contributed by atoms with van der Waals surface area (Å²) in [6, 6.07) is 8.26. The quantitative estimate of drug-likeness (QED) is 0.761. The molecule has 0 saturated carbocycles. The molecule has 0 saturated heterocycles. The van der Waals surface area contributed by atoms with Crippen molar-refractivity contribution in [3.05, 3.63) is 47.3 Å². The lowest BCUT2D eigenvalue weighted by Gasteiger charge is -2.04. The predicted molar refractivity (Wildman–Crippen MR) is 65.7 cm³/mol. The Morgan fingerprint density at radius 2 is 2.00 bits per heavy atom. The van der Waals surface area contributed by atoms with Crippen molar-refractivity contribution in [3.63, 3.8) is 0 Å². The van der Waals surface area contributed by atoms with E-state index in [-0.39, 0.29) is 0 Å². The largest absolute Gasteiger partial charge is 0.240 e. The summed E-state index contributed by atoms with van der Waals surface area (Å²) < 4.78 is 1.95. The molecule has 0 N–H and O–H groups in total. The van der Waals surface area contributed by atoms with E-state index in [4.69, 9.17) is 0 Å². The molecule has 0 fully saturated rings. The van der Waals surface area contributed by atoms with Gasteiger partial charge >= 0.3 is 0 Å². The Hall–Kier alpha value is -1.09. The minimum absolute atomic E-state index is 0.852. The number of aryl methyl sites for hydroxylation is 2. The minimum Gasteiger partial charge on any atom is -0.240 e. The van der Waals surface area contributed by atoms with Crippen molar-refractivity contribution in [1.82, 2.24) is 9.78 Å². The SMILES string of the molecule is Cc1ccccc1-n1cc(CBr)c(C)n1. The van der Waals surface area contributed by atoms with Crippen LogP contribution in [0.15, 0.2) is 30.5 Å². The maximum atomic E-state index is 4.50. The number of halogens is 1. The predicted octanol–water partition coefficient (Wildman–Crippen LogP) is 3.38. The lowest BCUT2D eigenvalue weighted by atomic mass is 10.2. The second-order valence-electron chi connectivity index (χ2n) is 3.60. The average molecular weight is 265 g/mol. The Labute approximate surface area is 98.1 Å². The van der Waals surface area contributed by atoms with Crippen LogP contribution in [-0.2, 0) is 5.33 Å². The van der Waals surface area contributed by atoms with Gasteiger partial charge in [-0.3, -0.25) is 0 Å².